The molecule has 0 aromatic heterocycles. The second-order valence-corrected chi connectivity index (χ2v) is 5.96. The van der Waals surface area contributed by atoms with Gasteiger partial charge in [0.1, 0.15) is 0 Å². The lowest BCUT2D eigenvalue weighted by Crippen LogP contribution is -2.12. The standard InChI is InChI=1S/C14H26O/c1-11(9-13-5-6-13)3-4-12(2)14-7-8-15-10-14/h11-14H,3-10H2,1-2H3. The van der Waals surface area contributed by atoms with E-state index in [1.54, 1.807) is 0 Å². The molecule has 1 heteroatoms. The zero-order valence-corrected chi connectivity index (χ0v) is 10.4. The molecule has 0 spiro atoms. The Morgan fingerprint density at radius 1 is 1.13 bits per heavy atom. The van der Waals surface area contributed by atoms with Crippen molar-refractivity contribution >= 4 is 0 Å². The van der Waals surface area contributed by atoms with Gasteiger partial charge >= 0.3 is 0 Å². The summed E-state index contributed by atoms with van der Waals surface area (Å²) in [7, 11) is 0. The lowest BCUT2D eigenvalue weighted by atomic mass is 9.86. The number of rotatable bonds is 6. The van der Waals surface area contributed by atoms with E-state index in [0.717, 1.165) is 36.9 Å². The van der Waals surface area contributed by atoms with Gasteiger partial charge in [0, 0.05) is 13.2 Å². The minimum absolute atomic E-state index is 0.859. The molecule has 2 aliphatic rings. The van der Waals surface area contributed by atoms with Crippen molar-refractivity contribution in [2.24, 2.45) is 23.7 Å². The van der Waals surface area contributed by atoms with E-state index in [2.05, 4.69) is 13.8 Å². The van der Waals surface area contributed by atoms with E-state index in [-0.39, 0.29) is 0 Å². The summed E-state index contributed by atoms with van der Waals surface area (Å²) >= 11 is 0. The van der Waals surface area contributed by atoms with Crippen molar-refractivity contribution in [3.05, 3.63) is 0 Å². The molecule has 88 valence electrons. The predicted molar refractivity (Wildman–Crippen MR) is 63.8 cm³/mol. The van der Waals surface area contributed by atoms with Gasteiger partial charge in [-0.3, -0.25) is 0 Å². The van der Waals surface area contributed by atoms with Crippen molar-refractivity contribution in [2.45, 2.75) is 52.4 Å². The van der Waals surface area contributed by atoms with Crippen molar-refractivity contribution in [2.75, 3.05) is 13.2 Å². The van der Waals surface area contributed by atoms with Crippen molar-refractivity contribution in [1.82, 2.24) is 0 Å². The van der Waals surface area contributed by atoms with Gasteiger partial charge in [-0.05, 0) is 36.5 Å². The lowest BCUT2D eigenvalue weighted by molar-refractivity contribution is 0.171. The molecule has 1 aliphatic heterocycles. The van der Waals surface area contributed by atoms with Crippen LogP contribution in [0.25, 0.3) is 0 Å². The lowest BCUT2D eigenvalue weighted by Gasteiger charge is -2.19. The molecule has 3 unspecified atom stereocenters. The van der Waals surface area contributed by atoms with E-state index in [9.17, 15) is 0 Å². The topological polar surface area (TPSA) is 9.23 Å². The minimum atomic E-state index is 0.859. The number of ether oxygens (including phenoxy) is 1. The van der Waals surface area contributed by atoms with E-state index in [1.165, 1.54) is 38.5 Å². The number of hydrogen-bond acceptors (Lipinski definition) is 1. The Kier molecular flexibility index (Phi) is 4.07. The maximum atomic E-state index is 5.46. The zero-order chi connectivity index (χ0) is 10.7. The first-order chi connectivity index (χ1) is 7.25. The van der Waals surface area contributed by atoms with Crippen LogP contribution in [0.5, 0.6) is 0 Å². The van der Waals surface area contributed by atoms with Gasteiger partial charge in [0.25, 0.3) is 0 Å². The fourth-order valence-electron chi connectivity index (χ4n) is 2.83. The maximum Gasteiger partial charge on any atom is 0.0497 e. The van der Waals surface area contributed by atoms with Gasteiger partial charge in [0.15, 0.2) is 0 Å². The second-order valence-electron chi connectivity index (χ2n) is 5.96. The van der Waals surface area contributed by atoms with Gasteiger partial charge in [0.05, 0.1) is 0 Å². The Bertz CT molecular complexity index is 180. The first-order valence-electron chi connectivity index (χ1n) is 6.83. The molecule has 3 atom stereocenters. The largest absolute Gasteiger partial charge is 0.381 e. The fraction of sp³-hybridized carbons (Fsp3) is 1.00. The van der Waals surface area contributed by atoms with Crippen LogP contribution in [0.2, 0.25) is 0 Å². The predicted octanol–water partition coefficient (Wildman–Crippen LogP) is 3.88. The van der Waals surface area contributed by atoms with Crippen LogP contribution in [-0.4, -0.2) is 13.2 Å². The molecule has 0 radical (unpaired) electrons. The van der Waals surface area contributed by atoms with Crippen LogP contribution >= 0.6 is 0 Å². The van der Waals surface area contributed by atoms with Crippen LogP contribution in [0.15, 0.2) is 0 Å². The summed E-state index contributed by atoms with van der Waals surface area (Å²) in [5.74, 6) is 3.81. The Labute approximate surface area is 94.6 Å². The summed E-state index contributed by atoms with van der Waals surface area (Å²) in [6.45, 7) is 6.89. The first-order valence-corrected chi connectivity index (χ1v) is 6.83. The molecule has 0 amide bonds. The van der Waals surface area contributed by atoms with Crippen LogP contribution < -0.4 is 0 Å². The van der Waals surface area contributed by atoms with E-state index in [0.29, 0.717) is 0 Å². The van der Waals surface area contributed by atoms with E-state index >= 15 is 0 Å². The third-order valence-electron chi connectivity index (χ3n) is 4.32. The quantitative estimate of drug-likeness (QED) is 0.646. The molecule has 2 rings (SSSR count). The molecule has 0 aromatic rings. The van der Waals surface area contributed by atoms with Crippen molar-refractivity contribution < 1.29 is 4.74 Å². The SMILES string of the molecule is CC(CCC(C)C1CCOC1)CC1CC1. The Morgan fingerprint density at radius 3 is 2.53 bits per heavy atom. The van der Waals surface area contributed by atoms with E-state index in [1.807, 2.05) is 0 Å². The first kappa shape index (κ1) is 11.4. The molecule has 0 aromatic carbocycles. The molecule has 1 nitrogen and oxygen atoms in total. The van der Waals surface area contributed by atoms with Crippen LogP contribution in [0.4, 0.5) is 0 Å². The highest BCUT2D eigenvalue weighted by Gasteiger charge is 2.25. The normalized spacial score (nSPS) is 30.4. The monoisotopic (exact) mass is 210 g/mol. The fourth-order valence-corrected chi connectivity index (χ4v) is 2.83. The van der Waals surface area contributed by atoms with Crippen molar-refractivity contribution in [3.8, 4) is 0 Å². The van der Waals surface area contributed by atoms with Gasteiger partial charge in [-0.15, -0.1) is 0 Å². The summed E-state index contributed by atoms with van der Waals surface area (Å²) < 4.78 is 5.46. The zero-order valence-electron chi connectivity index (χ0n) is 10.4. The third kappa shape index (κ3) is 3.79. The highest BCUT2D eigenvalue weighted by atomic mass is 16.5. The molecule has 0 bridgehead atoms. The van der Waals surface area contributed by atoms with E-state index in [4.69, 9.17) is 4.74 Å². The number of hydrogen-bond donors (Lipinski definition) is 0. The Balaban J connectivity index is 1.58. The van der Waals surface area contributed by atoms with Crippen LogP contribution in [0.3, 0.4) is 0 Å². The molecule has 1 heterocycles. The van der Waals surface area contributed by atoms with Crippen LogP contribution in [0, 0.1) is 23.7 Å². The summed E-state index contributed by atoms with van der Waals surface area (Å²) in [6.07, 6.45) is 8.68. The summed E-state index contributed by atoms with van der Waals surface area (Å²) in [5, 5.41) is 0. The molecule has 15 heavy (non-hydrogen) atoms. The Morgan fingerprint density at radius 2 is 1.93 bits per heavy atom. The average Bonchev–Trinajstić information content (AvgIpc) is 2.86. The maximum absolute atomic E-state index is 5.46. The Hall–Kier alpha value is -0.0400. The highest BCUT2D eigenvalue weighted by Crippen LogP contribution is 2.37. The second kappa shape index (κ2) is 5.34. The minimum Gasteiger partial charge on any atom is -0.381 e. The van der Waals surface area contributed by atoms with Gasteiger partial charge in [-0.25, -0.2) is 0 Å². The molecular weight excluding hydrogens is 184 g/mol. The average molecular weight is 210 g/mol. The molecule has 0 N–H and O–H groups in total. The molecule has 1 aliphatic carbocycles. The summed E-state index contributed by atoms with van der Waals surface area (Å²) in [6, 6.07) is 0. The third-order valence-corrected chi connectivity index (χ3v) is 4.32. The molecular formula is C14H26O. The van der Waals surface area contributed by atoms with Crippen molar-refractivity contribution in [1.29, 1.82) is 0 Å². The van der Waals surface area contributed by atoms with Gasteiger partial charge < -0.3 is 4.74 Å². The van der Waals surface area contributed by atoms with Crippen LogP contribution in [-0.2, 0) is 4.74 Å². The van der Waals surface area contributed by atoms with Gasteiger partial charge in [-0.2, -0.15) is 0 Å². The van der Waals surface area contributed by atoms with Gasteiger partial charge in [-0.1, -0.05) is 39.5 Å². The highest BCUT2D eigenvalue weighted by molar-refractivity contribution is 4.76. The van der Waals surface area contributed by atoms with Crippen LogP contribution in [0.1, 0.15) is 52.4 Å². The van der Waals surface area contributed by atoms with Crippen molar-refractivity contribution in [3.63, 3.8) is 0 Å². The molecule has 1 saturated carbocycles. The summed E-state index contributed by atoms with van der Waals surface area (Å²) in [5.41, 5.74) is 0. The smallest absolute Gasteiger partial charge is 0.0497 e. The van der Waals surface area contributed by atoms with Gasteiger partial charge in [0.2, 0.25) is 0 Å². The molecule has 1 saturated heterocycles. The molecule has 2 fully saturated rings. The summed E-state index contributed by atoms with van der Waals surface area (Å²) in [4.78, 5) is 0. The van der Waals surface area contributed by atoms with E-state index < -0.39 is 0 Å².